The first kappa shape index (κ1) is 15.8. The number of halogens is 3. The molecule has 1 N–H and O–H groups in total. The number of nitrogens with one attached hydrogen (secondary N) is 1. The van der Waals surface area contributed by atoms with Gasteiger partial charge >= 0.3 is 0 Å². The van der Waals surface area contributed by atoms with Crippen molar-refractivity contribution < 1.29 is 9.13 Å². The fourth-order valence-electron chi connectivity index (χ4n) is 1.64. The summed E-state index contributed by atoms with van der Waals surface area (Å²) in [4.78, 5) is 0. The molecule has 0 unspecified atom stereocenters. The summed E-state index contributed by atoms with van der Waals surface area (Å²) in [6, 6.07) is 4.91. The van der Waals surface area contributed by atoms with E-state index in [0.29, 0.717) is 23.4 Å². The summed E-state index contributed by atoms with van der Waals surface area (Å²) in [5.74, 6) is -0.0122. The predicted octanol–water partition coefficient (Wildman–Crippen LogP) is 4.51. The van der Waals surface area contributed by atoms with E-state index in [2.05, 4.69) is 38.1 Å². The van der Waals surface area contributed by atoms with Crippen LogP contribution < -0.4 is 10.1 Å². The molecule has 1 heterocycles. The Balaban J connectivity index is 1.67. The van der Waals surface area contributed by atoms with Crippen LogP contribution in [0.5, 0.6) is 5.75 Å². The van der Waals surface area contributed by atoms with Gasteiger partial charge in [0.15, 0.2) is 0 Å². The summed E-state index contributed by atoms with van der Waals surface area (Å²) >= 11 is 10.7. The summed E-state index contributed by atoms with van der Waals surface area (Å²) in [6.45, 7) is 2.08. The molecule has 0 fully saturated rings. The van der Waals surface area contributed by atoms with Gasteiger partial charge in [0.25, 0.3) is 0 Å². The largest absolute Gasteiger partial charge is 0.491 e. The second-order valence-corrected chi connectivity index (χ2v) is 6.22. The van der Waals surface area contributed by atoms with Gasteiger partial charge in [-0.1, -0.05) is 11.6 Å². The number of hydrogen-bond acceptors (Lipinski definition) is 3. The number of hydrogen-bond donors (Lipinski definition) is 1. The minimum absolute atomic E-state index is 0.0816. The molecule has 0 aliphatic rings. The van der Waals surface area contributed by atoms with E-state index in [4.69, 9.17) is 16.3 Å². The molecule has 0 saturated heterocycles. The molecule has 0 bridgehead atoms. The van der Waals surface area contributed by atoms with E-state index in [1.165, 1.54) is 17.7 Å². The predicted molar refractivity (Wildman–Crippen MR) is 85.5 cm³/mol. The zero-order valence-electron chi connectivity index (χ0n) is 10.7. The van der Waals surface area contributed by atoms with Crippen molar-refractivity contribution in [3.63, 3.8) is 0 Å². The van der Waals surface area contributed by atoms with Crippen molar-refractivity contribution in [3.05, 3.63) is 49.8 Å². The van der Waals surface area contributed by atoms with Gasteiger partial charge in [-0.3, -0.25) is 0 Å². The van der Waals surface area contributed by atoms with Crippen LogP contribution in [-0.4, -0.2) is 19.7 Å². The monoisotopic (exact) mass is 377 g/mol. The van der Waals surface area contributed by atoms with Gasteiger partial charge in [-0.05, 0) is 57.4 Å². The standard InChI is InChI=1S/C14H14BrClFNOS/c15-11-7-12(16)13(17)8-14(11)19-5-4-18-3-1-10-2-6-20-9-10/h2,6-9,18H,1,3-5H2. The zero-order chi connectivity index (χ0) is 14.4. The van der Waals surface area contributed by atoms with Crippen LogP contribution >= 0.6 is 38.9 Å². The quantitative estimate of drug-likeness (QED) is 0.565. The van der Waals surface area contributed by atoms with E-state index in [1.54, 1.807) is 11.3 Å². The molecule has 0 spiro atoms. The molecule has 1 aromatic heterocycles. The van der Waals surface area contributed by atoms with Crippen LogP contribution in [0.2, 0.25) is 5.02 Å². The fourth-order valence-corrected chi connectivity index (χ4v) is 3.10. The lowest BCUT2D eigenvalue weighted by Crippen LogP contribution is -2.23. The van der Waals surface area contributed by atoms with Crippen LogP contribution in [0.15, 0.2) is 33.4 Å². The minimum atomic E-state index is -0.477. The lowest BCUT2D eigenvalue weighted by atomic mass is 10.2. The van der Waals surface area contributed by atoms with Gasteiger partial charge in [0.1, 0.15) is 18.2 Å². The van der Waals surface area contributed by atoms with Crippen LogP contribution in [-0.2, 0) is 6.42 Å². The highest BCUT2D eigenvalue weighted by Crippen LogP contribution is 2.30. The second-order valence-electron chi connectivity index (χ2n) is 4.18. The number of benzene rings is 1. The van der Waals surface area contributed by atoms with Crippen molar-refractivity contribution in [2.45, 2.75) is 6.42 Å². The molecule has 2 nitrogen and oxygen atoms in total. The molecule has 0 aliphatic carbocycles. The van der Waals surface area contributed by atoms with Gasteiger partial charge < -0.3 is 10.1 Å². The van der Waals surface area contributed by atoms with Gasteiger partial charge in [-0.2, -0.15) is 11.3 Å². The summed E-state index contributed by atoms with van der Waals surface area (Å²) in [5.41, 5.74) is 1.34. The smallest absolute Gasteiger partial charge is 0.145 e. The van der Waals surface area contributed by atoms with Crippen molar-refractivity contribution in [2.24, 2.45) is 0 Å². The molecule has 0 aliphatic heterocycles. The summed E-state index contributed by atoms with van der Waals surface area (Å²) in [5, 5.41) is 7.58. The topological polar surface area (TPSA) is 21.3 Å². The van der Waals surface area contributed by atoms with Crippen molar-refractivity contribution in [1.29, 1.82) is 0 Å². The van der Waals surface area contributed by atoms with Gasteiger partial charge in [-0.25, -0.2) is 4.39 Å². The first-order chi connectivity index (χ1) is 9.66. The Labute approximate surface area is 135 Å². The zero-order valence-corrected chi connectivity index (χ0v) is 13.8. The maximum atomic E-state index is 13.3. The third-order valence-corrected chi connectivity index (χ3v) is 4.32. The minimum Gasteiger partial charge on any atom is -0.491 e. The number of rotatable bonds is 7. The maximum Gasteiger partial charge on any atom is 0.145 e. The van der Waals surface area contributed by atoms with Crippen LogP contribution in [0.3, 0.4) is 0 Å². The van der Waals surface area contributed by atoms with Crippen LogP contribution in [0, 0.1) is 5.82 Å². The molecule has 0 amide bonds. The van der Waals surface area contributed by atoms with Crippen molar-refractivity contribution in [3.8, 4) is 5.75 Å². The second kappa shape index (κ2) is 7.98. The third-order valence-electron chi connectivity index (χ3n) is 2.68. The first-order valence-corrected chi connectivity index (χ1v) is 8.27. The molecule has 1 aromatic carbocycles. The molecular formula is C14H14BrClFNOS. The fraction of sp³-hybridized carbons (Fsp3) is 0.286. The van der Waals surface area contributed by atoms with Crippen molar-refractivity contribution in [2.75, 3.05) is 19.7 Å². The van der Waals surface area contributed by atoms with Gasteiger partial charge in [-0.15, -0.1) is 0 Å². The lowest BCUT2D eigenvalue weighted by Gasteiger charge is -2.09. The Morgan fingerprint density at radius 3 is 2.95 bits per heavy atom. The van der Waals surface area contributed by atoms with E-state index < -0.39 is 5.82 Å². The third kappa shape index (κ3) is 4.74. The van der Waals surface area contributed by atoms with E-state index in [-0.39, 0.29) is 5.02 Å². The van der Waals surface area contributed by atoms with Crippen LogP contribution in [0.25, 0.3) is 0 Å². The first-order valence-electron chi connectivity index (χ1n) is 6.16. The highest BCUT2D eigenvalue weighted by atomic mass is 79.9. The van der Waals surface area contributed by atoms with Crippen molar-refractivity contribution in [1.82, 2.24) is 5.32 Å². The van der Waals surface area contributed by atoms with E-state index in [1.807, 2.05) is 0 Å². The Hall–Kier alpha value is -0.620. The highest BCUT2D eigenvalue weighted by molar-refractivity contribution is 9.10. The Morgan fingerprint density at radius 1 is 1.35 bits per heavy atom. The Kier molecular flexibility index (Phi) is 6.29. The van der Waals surface area contributed by atoms with Gasteiger partial charge in [0.2, 0.25) is 0 Å². The number of thiophene rings is 1. The molecule has 0 radical (unpaired) electrons. The molecule has 108 valence electrons. The molecule has 2 rings (SSSR count). The van der Waals surface area contributed by atoms with E-state index in [0.717, 1.165) is 13.0 Å². The Morgan fingerprint density at radius 2 is 2.20 bits per heavy atom. The normalized spacial score (nSPS) is 10.8. The maximum absolute atomic E-state index is 13.3. The van der Waals surface area contributed by atoms with E-state index >= 15 is 0 Å². The van der Waals surface area contributed by atoms with Crippen LogP contribution in [0.4, 0.5) is 4.39 Å². The lowest BCUT2D eigenvalue weighted by molar-refractivity contribution is 0.311. The average molecular weight is 379 g/mol. The SMILES string of the molecule is Fc1cc(OCCNCCc2ccsc2)c(Br)cc1Cl. The van der Waals surface area contributed by atoms with Crippen LogP contribution in [0.1, 0.15) is 5.56 Å². The molecule has 0 saturated carbocycles. The van der Waals surface area contributed by atoms with Gasteiger partial charge in [0.05, 0.1) is 9.50 Å². The highest BCUT2D eigenvalue weighted by Gasteiger charge is 2.07. The van der Waals surface area contributed by atoms with Gasteiger partial charge in [0, 0.05) is 12.6 Å². The Bertz CT molecular complexity index is 550. The molecular weight excluding hydrogens is 365 g/mol. The summed E-state index contributed by atoms with van der Waals surface area (Å²) < 4.78 is 19.5. The molecule has 0 atom stereocenters. The van der Waals surface area contributed by atoms with E-state index in [9.17, 15) is 4.39 Å². The summed E-state index contributed by atoms with van der Waals surface area (Å²) in [7, 11) is 0. The summed E-state index contributed by atoms with van der Waals surface area (Å²) in [6.07, 6.45) is 1.00. The molecule has 2 aromatic rings. The van der Waals surface area contributed by atoms with Crippen molar-refractivity contribution >= 4 is 38.9 Å². The molecule has 20 heavy (non-hydrogen) atoms. The molecule has 6 heteroatoms. The average Bonchev–Trinajstić information content (AvgIpc) is 2.92. The number of ether oxygens (including phenoxy) is 1.